The molecule has 1 unspecified atom stereocenters. The second kappa shape index (κ2) is 8.97. The van der Waals surface area contributed by atoms with E-state index in [4.69, 9.17) is 25.8 Å². The van der Waals surface area contributed by atoms with Crippen LogP contribution in [0.25, 0.3) is 0 Å². The lowest BCUT2D eigenvalue weighted by Gasteiger charge is -2.23. The molecule has 7 heteroatoms. The zero-order valence-corrected chi connectivity index (χ0v) is 17.1. The molecule has 4 rings (SSSR count). The quantitative estimate of drug-likeness (QED) is 0.588. The summed E-state index contributed by atoms with van der Waals surface area (Å²) in [7, 11) is 1.54. The fraction of sp³-hybridized carbons (Fsp3) is 0.174. The fourth-order valence-corrected chi connectivity index (χ4v) is 3.46. The van der Waals surface area contributed by atoms with Crippen LogP contribution in [0.1, 0.15) is 11.6 Å². The molecule has 3 aromatic carbocycles. The maximum atomic E-state index is 13.2. The van der Waals surface area contributed by atoms with E-state index < -0.39 is 6.04 Å². The molecule has 1 aliphatic heterocycles. The SMILES string of the molecule is COc1ccc(NC(=O)C(Nc2ccc3c(c2)OCCO3)c2ccccc2)cc1Cl. The average molecular weight is 425 g/mol. The van der Waals surface area contributed by atoms with Gasteiger partial charge in [0.25, 0.3) is 5.91 Å². The first-order chi connectivity index (χ1) is 14.6. The highest BCUT2D eigenvalue weighted by Crippen LogP contribution is 2.34. The van der Waals surface area contributed by atoms with E-state index in [1.165, 1.54) is 0 Å². The fourth-order valence-electron chi connectivity index (χ4n) is 3.20. The van der Waals surface area contributed by atoms with E-state index in [1.54, 1.807) is 25.3 Å². The largest absolute Gasteiger partial charge is 0.495 e. The van der Waals surface area contributed by atoms with Crippen molar-refractivity contribution in [3.8, 4) is 17.2 Å². The predicted octanol–water partition coefficient (Wildman–Crippen LogP) is 4.91. The minimum atomic E-state index is -0.630. The van der Waals surface area contributed by atoms with Crippen LogP contribution in [0.5, 0.6) is 17.2 Å². The molecule has 6 nitrogen and oxygen atoms in total. The Morgan fingerprint density at radius 3 is 2.43 bits per heavy atom. The number of carbonyl (C=O) groups excluding carboxylic acids is 1. The van der Waals surface area contributed by atoms with Gasteiger partial charge in [0.05, 0.1) is 12.1 Å². The van der Waals surface area contributed by atoms with Crippen molar-refractivity contribution in [2.24, 2.45) is 0 Å². The summed E-state index contributed by atoms with van der Waals surface area (Å²) in [6.07, 6.45) is 0. The van der Waals surface area contributed by atoms with Crippen LogP contribution in [-0.2, 0) is 4.79 Å². The van der Waals surface area contributed by atoms with Gasteiger partial charge in [0, 0.05) is 17.4 Å². The number of benzene rings is 3. The van der Waals surface area contributed by atoms with Crippen molar-refractivity contribution < 1.29 is 19.0 Å². The predicted molar refractivity (Wildman–Crippen MR) is 117 cm³/mol. The Balaban J connectivity index is 1.58. The minimum absolute atomic E-state index is 0.225. The van der Waals surface area contributed by atoms with Gasteiger partial charge in [-0.3, -0.25) is 4.79 Å². The van der Waals surface area contributed by atoms with Crippen LogP contribution in [0.2, 0.25) is 5.02 Å². The highest BCUT2D eigenvalue weighted by atomic mass is 35.5. The lowest BCUT2D eigenvalue weighted by atomic mass is 10.1. The molecule has 0 saturated heterocycles. The van der Waals surface area contributed by atoms with Gasteiger partial charge in [-0.15, -0.1) is 0 Å². The number of rotatable bonds is 6. The number of ether oxygens (including phenoxy) is 3. The molecule has 0 bridgehead atoms. The molecule has 0 aliphatic carbocycles. The number of halogens is 1. The normalized spacial score (nSPS) is 13.3. The topological polar surface area (TPSA) is 68.8 Å². The first-order valence-electron chi connectivity index (χ1n) is 9.49. The molecule has 0 fully saturated rings. The smallest absolute Gasteiger partial charge is 0.251 e. The monoisotopic (exact) mass is 424 g/mol. The summed E-state index contributed by atoms with van der Waals surface area (Å²) in [5.41, 5.74) is 2.15. The van der Waals surface area contributed by atoms with Crippen LogP contribution in [0.3, 0.4) is 0 Å². The van der Waals surface area contributed by atoms with E-state index in [2.05, 4.69) is 10.6 Å². The molecule has 1 amide bonds. The molecular formula is C23H21ClN2O4. The standard InChI is InChI=1S/C23H21ClN2O4/c1-28-19-9-7-16(13-18(19)24)26-23(27)22(15-5-3-2-4-6-15)25-17-8-10-20-21(14-17)30-12-11-29-20/h2-10,13-14,22,25H,11-12H2,1H3,(H,26,27). The van der Waals surface area contributed by atoms with Crippen LogP contribution >= 0.6 is 11.6 Å². The summed E-state index contributed by atoms with van der Waals surface area (Å²) in [6, 6.07) is 19.5. The van der Waals surface area contributed by atoms with Crippen molar-refractivity contribution in [3.05, 3.63) is 77.3 Å². The average Bonchev–Trinajstić information content (AvgIpc) is 2.78. The Morgan fingerprint density at radius 1 is 0.967 bits per heavy atom. The second-order valence-corrected chi connectivity index (χ2v) is 7.09. The van der Waals surface area contributed by atoms with Gasteiger partial charge < -0.3 is 24.8 Å². The van der Waals surface area contributed by atoms with E-state index in [1.807, 2.05) is 48.5 Å². The Morgan fingerprint density at radius 2 is 1.70 bits per heavy atom. The lowest BCUT2D eigenvalue weighted by Crippen LogP contribution is -2.27. The number of fused-ring (bicyclic) bond motifs is 1. The Hall–Kier alpha value is -3.38. The third kappa shape index (κ3) is 4.44. The highest BCUT2D eigenvalue weighted by molar-refractivity contribution is 6.32. The first kappa shape index (κ1) is 19.9. The zero-order valence-electron chi connectivity index (χ0n) is 16.4. The van der Waals surface area contributed by atoms with Gasteiger partial charge in [-0.05, 0) is 35.9 Å². The maximum absolute atomic E-state index is 13.2. The van der Waals surface area contributed by atoms with Crippen molar-refractivity contribution in [1.82, 2.24) is 0 Å². The number of nitrogens with one attached hydrogen (secondary N) is 2. The van der Waals surface area contributed by atoms with Crippen LogP contribution in [0.15, 0.2) is 66.7 Å². The van der Waals surface area contributed by atoms with E-state index in [9.17, 15) is 4.79 Å². The number of hydrogen-bond acceptors (Lipinski definition) is 5. The number of anilines is 2. The van der Waals surface area contributed by atoms with Crippen molar-refractivity contribution in [2.45, 2.75) is 6.04 Å². The molecule has 0 saturated carbocycles. The van der Waals surface area contributed by atoms with Crippen molar-refractivity contribution >= 4 is 28.9 Å². The van der Waals surface area contributed by atoms with E-state index in [0.29, 0.717) is 41.2 Å². The minimum Gasteiger partial charge on any atom is -0.495 e. The first-order valence-corrected chi connectivity index (χ1v) is 9.87. The number of hydrogen-bond donors (Lipinski definition) is 2. The van der Waals surface area contributed by atoms with Gasteiger partial charge in [-0.2, -0.15) is 0 Å². The number of carbonyl (C=O) groups is 1. The molecule has 0 radical (unpaired) electrons. The molecule has 154 valence electrons. The van der Waals surface area contributed by atoms with Gasteiger partial charge in [-0.1, -0.05) is 41.9 Å². The summed E-state index contributed by atoms with van der Waals surface area (Å²) in [4.78, 5) is 13.2. The number of amides is 1. The molecule has 1 heterocycles. The molecule has 3 aromatic rings. The Labute approximate surface area is 179 Å². The van der Waals surface area contributed by atoms with Crippen LogP contribution in [-0.4, -0.2) is 26.2 Å². The van der Waals surface area contributed by atoms with Gasteiger partial charge >= 0.3 is 0 Å². The molecule has 0 aromatic heterocycles. The Kier molecular flexibility index (Phi) is 5.95. The Bertz CT molecular complexity index is 1040. The summed E-state index contributed by atoms with van der Waals surface area (Å²) >= 11 is 6.19. The van der Waals surface area contributed by atoms with Gasteiger partial charge in [-0.25, -0.2) is 0 Å². The molecule has 2 N–H and O–H groups in total. The van der Waals surface area contributed by atoms with Crippen molar-refractivity contribution in [1.29, 1.82) is 0 Å². The second-order valence-electron chi connectivity index (χ2n) is 6.69. The van der Waals surface area contributed by atoms with Gasteiger partial charge in [0.15, 0.2) is 11.5 Å². The van der Waals surface area contributed by atoms with Gasteiger partial charge in [0.1, 0.15) is 25.0 Å². The molecule has 1 aliphatic rings. The third-order valence-corrected chi connectivity index (χ3v) is 4.96. The molecule has 1 atom stereocenters. The van der Waals surface area contributed by atoms with E-state index in [-0.39, 0.29) is 5.91 Å². The molecular weight excluding hydrogens is 404 g/mol. The summed E-state index contributed by atoms with van der Waals surface area (Å²) < 4.78 is 16.4. The summed E-state index contributed by atoms with van der Waals surface area (Å²) in [5.74, 6) is 1.67. The van der Waals surface area contributed by atoms with Gasteiger partial charge in [0.2, 0.25) is 0 Å². The maximum Gasteiger partial charge on any atom is 0.251 e. The molecule has 30 heavy (non-hydrogen) atoms. The lowest BCUT2D eigenvalue weighted by molar-refractivity contribution is -0.117. The van der Waals surface area contributed by atoms with Crippen molar-refractivity contribution in [3.63, 3.8) is 0 Å². The van der Waals surface area contributed by atoms with E-state index >= 15 is 0 Å². The van der Waals surface area contributed by atoms with Crippen LogP contribution < -0.4 is 24.8 Å². The number of methoxy groups -OCH3 is 1. The van der Waals surface area contributed by atoms with Crippen LogP contribution in [0.4, 0.5) is 11.4 Å². The van der Waals surface area contributed by atoms with E-state index in [0.717, 1.165) is 11.3 Å². The molecule has 0 spiro atoms. The highest BCUT2D eigenvalue weighted by Gasteiger charge is 2.22. The third-order valence-electron chi connectivity index (χ3n) is 4.67. The summed E-state index contributed by atoms with van der Waals surface area (Å²) in [6.45, 7) is 1.02. The van der Waals surface area contributed by atoms with Crippen LogP contribution in [0, 0.1) is 0 Å². The van der Waals surface area contributed by atoms with Crippen molar-refractivity contribution in [2.75, 3.05) is 31.0 Å². The summed E-state index contributed by atoms with van der Waals surface area (Å²) in [5, 5.41) is 6.64. The zero-order chi connectivity index (χ0) is 20.9.